The van der Waals surface area contributed by atoms with Crippen molar-refractivity contribution < 1.29 is 13.5 Å². The van der Waals surface area contributed by atoms with Crippen molar-refractivity contribution in [2.75, 3.05) is 6.54 Å². The van der Waals surface area contributed by atoms with E-state index in [0.29, 0.717) is 18.7 Å². The van der Waals surface area contributed by atoms with E-state index in [1.807, 2.05) is 6.92 Å². The quantitative estimate of drug-likeness (QED) is 0.921. The molecule has 2 rings (SSSR count). The number of hydrogen-bond donors (Lipinski definition) is 1. The van der Waals surface area contributed by atoms with Crippen LogP contribution >= 0.6 is 0 Å². The molecule has 5 heteroatoms. The van der Waals surface area contributed by atoms with Crippen molar-refractivity contribution in [1.82, 2.24) is 5.32 Å². The monoisotopic (exact) mass is 280 g/mol. The third-order valence-corrected chi connectivity index (χ3v) is 3.63. The third-order valence-electron chi connectivity index (χ3n) is 3.63. The maximum Gasteiger partial charge on any atom is 0.162 e. The molecule has 1 aliphatic rings. The zero-order chi connectivity index (χ0) is 14.6. The average molecular weight is 280 g/mol. The van der Waals surface area contributed by atoms with Crippen molar-refractivity contribution in [1.29, 1.82) is 5.26 Å². The maximum absolute atomic E-state index is 13.2. The van der Waals surface area contributed by atoms with E-state index in [1.165, 1.54) is 6.07 Å². The second-order valence-electron chi connectivity index (χ2n) is 5.14. The van der Waals surface area contributed by atoms with E-state index < -0.39 is 17.2 Å². The van der Waals surface area contributed by atoms with Crippen LogP contribution in [0.2, 0.25) is 0 Å². The van der Waals surface area contributed by atoms with Gasteiger partial charge in [0.05, 0.1) is 6.07 Å². The summed E-state index contributed by atoms with van der Waals surface area (Å²) >= 11 is 0. The molecule has 2 atom stereocenters. The smallest absolute Gasteiger partial charge is 0.162 e. The number of rotatable bonds is 4. The molecule has 1 aromatic carbocycles. The SMILES string of the molecule is CCNC1(C#N)CCCC(Oc2ccc(F)c(F)c2)C1. The third kappa shape index (κ3) is 3.26. The van der Waals surface area contributed by atoms with Gasteiger partial charge in [-0.05, 0) is 37.9 Å². The average Bonchev–Trinajstić information content (AvgIpc) is 2.44. The lowest BCUT2D eigenvalue weighted by atomic mass is 9.81. The number of halogens is 2. The Hall–Kier alpha value is -1.67. The number of nitriles is 1. The van der Waals surface area contributed by atoms with Gasteiger partial charge in [-0.25, -0.2) is 8.78 Å². The van der Waals surface area contributed by atoms with Gasteiger partial charge in [-0.1, -0.05) is 6.92 Å². The first kappa shape index (κ1) is 14.7. The van der Waals surface area contributed by atoms with Crippen LogP contribution in [0.25, 0.3) is 0 Å². The fourth-order valence-electron chi connectivity index (χ4n) is 2.71. The molecular formula is C15H18F2N2O. The van der Waals surface area contributed by atoms with E-state index in [-0.39, 0.29) is 6.10 Å². The minimum Gasteiger partial charge on any atom is -0.490 e. The fourth-order valence-corrected chi connectivity index (χ4v) is 2.71. The standard InChI is InChI=1S/C15H18F2N2O/c1-2-19-15(10-18)7-3-4-12(9-15)20-11-5-6-13(16)14(17)8-11/h5-6,8,12,19H,2-4,7,9H2,1H3. The molecule has 0 radical (unpaired) electrons. The van der Waals surface area contributed by atoms with Crippen molar-refractivity contribution in [2.45, 2.75) is 44.2 Å². The summed E-state index contributed by atoms with van der Waals surface area (Å²) in [5.41, 5.74) is -0.573. The Morgan fingerprint density at radius 3 is 2.90 bits per heavy atom. The largest absolute Gasteiger partial charge is 0.490 e. The van der Waals surface area contributed by atoms with Gasteiger partial charge in [-0.15, -0.1) is 0 Å². The Labute approximate surface area is 117 Å². The number of benzene rings is 1. The first-order chi connectivity index (χ1) is 9.58. The van der Waals surface area contributed by atoms with E-state index in [0.717, 1.165) is 31.4 Å². The van der Waals surface area contributed by atoms with Crippen LogP contribution < -0.4 is 10.1 Å². The molecular weight excluding hydrogens is 262 g/mol. The highest BCUT2D eigenvalue weighted by Crippen LogP contribution is 2.31. The van der Waals surface area contributed by atoms with Gasteiger partial charge < -0.3 is 4.74 Å². The molecule has 1 saturated carbocycles. The van der Waals surface area contributed by atoms with Crippen LogP contribution in [-0.4, -0.2) is 18.2 Å². The Morgan fingerprint density at radius 2 is 2.25 bits per heavy atom. The number of nitrogens with one attached hydrogen (secondary N) is 1. The van der Waals surface area contributed by atoms with E-state index in [1.54, 1.807) is 0 Å². The van der Waals surface area contributed by atoms with Gasteiger partial charge in [-0.3, -0.25) is 5.32 Å². The zero-order valence-electron chi connectivity index (χ0n) is 11.5. The summed E-state index contributed by atoms with van der Waals surface area (Å²) in [4.78, 5) is 0. The number of nitrogens with zero attached hydrogens (tertiary/aromatic N) is 1. The first-order valence-electron chi connectivity index (χ1n) is 6.86. The molecule has 3 nitrogen and oxygen atoms in total. The van der Waals surface area contributed by atoms with Crippen molar-refractivity contribution in [3.8, 4) is 11.8 Å². The van der Waals surface area contributed by atoms with Gasteiger partial charge in [-0.2, -0.15) is 5.26 Å². The predicted octanol–water partition coefficient (Wildman–Crippen LogP) is 3.16. The molecule has 0 amide bonds. The maximum atomic E-state index is 13.2. The fraction of sp³-hybridized carbons (Fsp3) is 0.533. The van der Waals surface area contributed by atoms with Gasteiger partial charge in [0.2, 0.25) is 0 Å². The summed E-state index contributed by atoms with van der Waals surface area (Å²) in [5, 5.41) is 12.6. The molecule has 0 saturated heterocycles. The zero-order valence-corrected chi connectivity index (χ0v) is 11.5. The summed E-state index contributed by atoms with van der Waals surface area (Å²) in [5.74, 6) is -1.50. The van der Waals surface area contributed by atoms with Crippen LogP contribution in [0.3, 0.4) is 0 Å². The van der Waals surface area contributed by atoms with Crippen molar-refractivity contribution in [3.63, 3.8) is 0 Å². The van der Waals surface area contributed by atoms with Gasteiger partial charge in [0, 0.05) is 12.5 Å². The molecule has 1 N–H and O–H groups in total. The molecule has 2 unspecified atom stereocenters. The van der Waals surface area contributed by atoms with Crippen LogP contribution in [0.4, 0.5) is 8.78 Å². The van der Waals surface area contributed by atoms with Crippen molar-refractivity contribution >= 4 is 0 Å². The highest BCUT2D eigenvalue weighted by Gasteiger charge is 2.36. The van der Waals surface area contributed by atoms with Crippen LogP contribution in [0.5, 0.6) is 5.75 Å². The summed E-state index contributed by atoms with van der Waals surface area (Å²) in [6, 6.07) is 5.84. The number of hydrogen-bond acceptors (Lipinski definition) is 3. The molecule has 0 bridgehead atoms. The molecule has 1 aromatic rings. The molecule has 1 fully saturated rings. The van der Waals surface area contributed by atoms with E-state index in [9.17, 15) is 14.0 Å². The molecule has 0 aromatic heterocycles. The predicted molar refractivity (Wildman–Crippen MR) is 71.3 cm³/mol. The van der Waals surface area contributed by atoms with E-state index in [4.69, 9.17) is 4.74 Å². The Bertz CT molecular complexity index is 511. The molecule has 108 valence electrons. The second-order valence-corrected chi connectivity index (χ2v) is 5.14. The minimum atomic E-state index is -0.920. The lowest BCUT2D eigenvalue weighted by Gasteiger charge is -2.36. The highest BCUT2D eigenvalue weighted by molar-refractivity contribution is 5.24. The highest BCUT2D eigenvalue weighted by atomic mass is 19.2. The molecule has 0 aliphatic heterocycles. The van der Waals surface area contributed by atoms with E-state index >= 15 is 0 Å². The topological polar surface area (TPSA) is 45.0 Å². The van der Waals surface area contributed by atoms with Crippen LogP contribution in [0.15, 0.2) is 18.2 Å². The summed E-state index contributed by atoms with van der Waals surface area (Å²) in [6.45, 7) is 2.67. The minimum absolute atomic E-state index is 0.160. The summed E-state index contributed by atoms with van der Waals surface area (Å²) in [6.07, 6.45) is 2.86. The molecule has 0 spiro atoms. The van der Waals surface area contributed by atoms with Crippen LogP contribution in [-0.2, 0) is 0 Å². The van der Waals surface area contributed by atoms with Gasteiger partial charge >= 0.3 is 0 Å². The van der Waals surface area contributed by atoms with Crippen molar-refractivity contribution in [3.05, 3.63) is 29.8 Å². The van der Waals surface area contributed by atoms with Gasteiger partial charge in [0.15, 0.2) is 11.6 Å². The molecule has 1 aliphatic carbocycles. The lowest BCUT2D eigenvalue weighted by molar-refractivity contribution is 0.113. The first-order valence-corrected chi connectivity index (χ1v) is 6.86. The van der Waals surface area contributed by atoms with Crippen molar-refractivity contribution in [2.24, 2.45) is 0 Å². The van der Waals surface area contributed by atoms with Gasteiger partial charge in [0.1, 0.15) is 17.4 Å². The van der Waals surface area contributed by atoms with Crippen LogP contribution in [0.1, 0.15) is 32.6 Å². The summed E-state index contributed by atoms with van der Waals surface area (Å²) < 4.78 is 31.7. The molecule has 0 heterocycles. The lowest BCUT2D eigenvalue weighted by Crippen LogP contribution is -2.49. The van der Waals surface area contributed by atoms with E-state index in [2.05, 4.69) is 11.4 Å². The Kier molecular flexibility index (Phi) is 4.56. The Morgan fingerprint density at radius 1 is 1.45 bits per heavy atom. The second kappa shape index (κ2) is 6.19. The normalized spacial score (nSPS) is 26.0. The van der Waals surface area contributed by atoms with Crippen LogP contribution in [0, 0.1) is 23.0 Å². The number of ether oxygens (including phenoxy) is 1. The molecule has 20 heavy (non-hydrogen) atoms. The van der Waals surface area contributed by atoms with Gasteiger partial charge in [0.25, 0.3) is 0 Å². The summed E-state index contributed by atoms with van der Waals surface area (Å²) in [7, 11) is 0. The Balaban J connectivity index is 2.06.